The predicted molar refractivity (Wildman–Crippen MR) is 85.6 cm³/mol. The van der Waals surface area contributed by atoms with Gasteiger partial charge in [0.2, 0.25) is 0 Å². The number of rotatable bonds is 6. The summed E-state index contributed by atoms with van der Waals surface area (Å²) in [5.41, 5.74) is 0.945. The summed E-state index contributed by atoms with van der Waals surface area (Å²) in [5.74, 6) is 0.361. The Balaban J connectivity index is 1.67. The summed E-state index contributed by atoms with van der Waals surface area (Å²) >= 11 is 0. The summed E-state index contributed by atoms with van der Waals surface area (Å²) in [6.07, 6.45) is 1.45. The van der Waals surface area contributed by atoms with Gasteiger partial charge in [-0.2, -0.15) is 0 Å². The van der Waals surface area contributed by atoms with E-state index in [1.54, 1.807) is 31.3 Å². The number of benzene rings is 1. The lowest BCUT2D eigenvalue weighted by Gasteiger charge is -2.12. The fourth-order valence-electron chi connectivity index (χ4n) is 1.86. The maximum Gasteiger partial charge on any atom is 0.287 e. The van der Waals surface area contributed by atoms with E-state index < -0.39 is 0 Å². The number of halogens is 1. The minimum absolute atomic E-state index is 0.258. The molecule has 0 aliphatic carbocycles. The fraction of sp³-hybridized carbons (Fsp3) is 0.250. The van der Waals surface area contributed by atoms with Crippen LogP contribution in [0.4, 0.5) is 4.39 Å². The first-order valence-corrected chi connectivity index (χ1v) is 7.19. The van der Waals surface area contributed by atoms with E-state index in [-0.39, 0.29) is 17.5 Å². The first-order chi connectivity index (χ1) is 11.2. The summed E-state index contributed by atoms with van der Waals surface area (Å²) in [7, 11) is 1.65. The van der Waals surface area contributed by atoms with Gasteiger partial charge in [-0.1, -0.05) is 12.1 Å². The van der Waals surface area contributed by atoms with Gasteiger partial charge in [-0.05, 0) is 29.8 Å². The van der Waals surface area contributed by atoms with Gasteiger partial charge in [0.05, 0.1) is 6.26 Å². The van der Waals surface area contributed by atoms with E-state index >= 15 is 0 Å². The molecule has 7 heteroatoms. The van der Waals surface area contributed by atoms with Crippen LogP contribution >= 0.6 is 0 Å². The molecule has 0 atom stereocenters. The van der Waals surface area contributed by atoms with Crippen LogP contribution in [0.5, 0.6) is 0 Å². The van der Waals surface area contributed by atoms with Crippen molar-refractivity contribution >= 4 is 11.9 Å². The van der Waals surface area contributed by atoms with E-state index in [4.69, 9.17) is 4.42 Å². The molecule has 122 valence electrons. The number of hydrogen-bond donors (Lipinski definition) is 3. The van der Waals surface area contributed by atoms with Crippen molar-refractivity contribution in [2.24, 2.45) is 4.99 Å². The molecule has 1 amide bonds. The van der Waals surface area contributed by atoms with E-state index in [0.29, 0.717) is 25.6 Å². The molecule has 0 unspecified atom stereocenters. The molecule has 1 aromatic carbocycles. The lowest BCUT2D eigenvalue weighted by Crippen LogP contribution is -2.41. The smallest absolute Gasteiger partial charge is 0.287 e. The molecular weight excluding hydrogens is 299 g/mol. The molecule has 1 aromatic heterocycles. The molecule has 6 nitrogen and oxygen atoms in total. The number of aliphatic imine (C=N–C) groups is 1. The van der Waals surface area contributed by atoms with Crippen LogP contribution in [0, 0.1) is 5.82 Å². The summed E-state index contributed by atoms with van der Waals surface area (Å²) in [6, 6.07) is 9.51. The van der Waals surface area contributed by atoms with Gasteiger partial charge in [0.15, 0.2) is 11.7 Å². The van der Waals surface area contributed by atoms with E-state index in [1.807, 2.05) is 0 Å². The Morgan fingerprint density at radius 3 is 2.52 bits per heavy atom. The molecular formula is C16H19FN4O2. The molecule has 0 bridgehead atoms. The number of nitrogens with one attached hydrogen (secondary N) is 3. The standard InChI is InChI=1S/C16H19FN4O2/c1-18-16(21-11-12-4-6-13(17)7-5-12)20-9-8-19-15(22)14-3-2-10-23-14/h2-7,10H,8-9,11H2,1H3,(H,19,22)(H2,18,20,21). The second kappa shape index (κ2) is 8.57. The van der Waals surface area contributed by atoms with Gasteiger partial charge >= 0.3 is 0 Å². The third-order valence-corrected chi connectivity index (χ3v) is 3.04. The topological polar surface area (TPSA) is 78.7 Å². The minimum atomic E-state index is -0.261. The second-order valence-electron chi connectivity index (χ2n) is 4.71. The molecule has 0 aliphatic rings. The molecule has 1 heterocycles. The first-order valence-electron chi connectivity index (χ1n) is 7.19. The third kappa shape index (κ3) is 5.46. The van der Waals surface area contributed by atoms with Gasteiger partial charge in [-0.3, -0.25) is 9.79 Å². The number of furan rings is 1. The molecule has 0 radical (unpaired) electrons. The summed E-state index contributed by atoms with van der Waals surface area (Å²) in [4.78, 5) is 15.7. The molecule has 0 aliphatic heterocycles. The highest BCUT2D eigenvalue weighted by atomic mass is 19.1. The number of carbonyl (C=O) groups is 1. The van der Waals surface area contributed by atoms with Crippen LogP contribution in [0.3, 0.4) is 0 Å². The Labute approximate surface area is 133 Å². The molecule has 0 fully saturated rings. The second-order valence-corrected chi connectivity index (χ2v) is 4.71. The van der Waals surface area contributed by atoms with Gasteiger partial charge in [0.25, 0.3) is 5.91 Å². The van der Waals surface area contributed by atoms with Crippen molar-refractivity contribution in [1.82, 2.24) is 16.0 Å². The number of amides is 1. The van der Waals surface area contributed by atoms with Gasteiger partial charge in [0, 0.05) is 26.7 Å². The lowest BCUT2D eigenvalue weighted by atomic mass is 10.2. The molecule has 2 aromatic rings. The van der Waals surface area contributed by atoms with Crippen molar-refractivity contribution in [2.75, 3.05) is 20.1 Å². The van der Waals surface area contributed by atoms with E-state index in [0.717, 1.165) is 5.56 Å². The van der Waals surface area contributed by atoms with Crippen LogP contribution in [-0.2, 0) is 6.54 Å². The monoisotopic (exact) mass is 318 g/mol. The quantitative estimate of drug-likeness (QED) is 0.429. The zero-order chi connectivity index (χ0) is 16.5. The summed E-state index contributed by atoms with van der Waals surface area (Å²) in [5, 5.41) is 8.90. The van der Waals surface area contributed by atoms with Crippen molar-refractivity contribution in [2.45, 2.75) is 6.54 Å². The Kier molecular flexibility index (Phi) is 6.17. The van der Waals surface area contributed by atoms with Crippen LogP contribution in [0.2, 0.25) is 0 Å². The number of hydrogen-bond acceptors (Lipinski definition) is 3. The largest absolute Gasteiger partial charge is 0.459 e. The van der Waals surface area contributed by atoms with E-state index in [2.05, 4.69) is 20.9 Å². The van der Waals surface area contributed by atoms with E-state index in [1.165, 1.54) is 18.4 Å². The Morgan fingerprint density at radius 2 is 1.87 bits per heavy atom. The average molecular weight is 318 g/mol. The van der Waals surface area contributed by atoms with Crippen molar-refractivity contribution in [3.63, 3.8) is 0 Å². The number of nitrogens with zero attached hydrogens (tertiary/aromatic N) is 1. The lowest BCUT2D eigenvalue weighted by molar-refractivity contribution is 0.0926. The van der Waals surface area contributed by atoms with Crippen molar-refractivity contribution in [3.05, 3.63) is 59.8 Å². The van der Waals surface area contributed by atoms with Gasteiger partial charge in [-0.25, -0.2) is 4.39 Å². The SMILES string of the molecule is CN=C(NCCNC(=O)c1ccco1)NCc1ccc(F)cc1. The maximum absolute atomic E-state index is 12.8. The Bertz CT molecular complexity index is 639. The fourth-order valence-corrected chi connectivity index (χ4v) is 1.86. The third-order valence-electron chi connectivity index (χ3n) is 3.04. The molecule has 3 N–H and O–H groups in total. The van der Waals surface area contributed by atoms with Gasteiger partial charge in [0.1, 0.15) is 5.82 Å². The molecule has 2 rings (SSSR count). The highest BCUT2D eigenvalue weighted by Crippen LogP contribution is 2.01. The predicted octanol–water partition coefficient (Wildman–Crippen LogP) is 1.51. The summed E-state index contributed by atoms with van der Waals surface area (Å²) in [6.45, 7) is 1.46. The molecule has 0 spiro atoms. The van der Waals surface area contributed by atoms with Crippen molar-refractivity contribution < 1.29 is 13.6 Å². The van der Waals surface area contributed by atoms with Gasteiger partial charge < -0.3 is 20.4 Å². The highest BCUT2D eigenvalue weighted by molar-refractivity contribution is 5.91. The zero-order valence-electron chi connectivity index (χ0n) is 12.8. The highest BCUT2D eigenvalue weighted by Gasteiger charge is 2.06. The zero-order valence-corrected chi connectivity index (χ0v) is 12.8. The molecule has 0 saturated carbocycles. The normalized spacial score (nSPS) is 11.1. The molecule has 0 saturated heterocycles. The van der Waals surface area contributed by atoms with Crippen molar-refractivity contribution in [3.8, 4) is 0 Å². The van der Waals surface area contributed by atoms with Crippen molar-refractivity contribution in [1.29, 1.82) is 0 Å². The average Bonchev–Trinajstić information content (AvgIpc) is 3.10. The van der Waals surface area contributed by atoms with Crippen LogP contribution in [-0.4, -0.2) is 32.0 Å². The Morgan fingerprint density at radius 1 is 1.13 bits per heavy atom. The number of guanidine groups is 1. The maximum atomic E-state index is 12.8. The Hall–Kier alpha value is -2.83. The number of carbonyl (C=O) groups excluding carboxylic acids is 1. The van der Waals surface area contributed by atoms with Crippen LogP contribution < -0.4 is 16.0 Å². The van der Waals surface area contributed by atoms with Crippen LogP contribution in [0.25, 0.3) is 0 Å². The summed E-state index contributed by atoms with van der Waals surface area (Å²) < 4.78 is 17.8. The van der Waals surface area contributed by atoms with Crippen LogP contribution in [0.1, 0.15) is 16.1 Å². The molecule has 23 heavy (non-hydrogen) atoms. The van der Waals surface area contributed by atoms with Gasteiger partial charge in [-0.15, -0.1) is 0 Å². The first kappa shape index (κ1) is 16.5. The van der Waals surface area contributed by atoms with E-state index in [9.17, 15) is 9.18 Å². The minimum Gasteiger partial charge on any atom is -0.459 e. The van der Waals surface area contributed by atoms with Crippen LogP contribution in [0.15, 0.2) is 52.1 Å².